The fraction of sp³-hybridized carbons (Fsp3) is 0.238. The summed E-state index contributed by atoms with van der Waals surface area (Å²) in [5.74, 6) is 1.14. The molecule has 8 nitrogen and oxygen atoms in total. The third kappa shape index (κ3) is 5.65. The van der Waals surface area contributed by atoms with E-state index in [1.807, 2.05) is 38.1 Å². The Morgan fingerprint density at radius 1 is 1.07 bits per heavy atom. The molecule has 2 aromatic carbocycles. The number of hydrogen-bond acceptors (Lipinski definition) is 8. The van der Waals surface area contributed by atoms with Gasteiger partial charge in [0, 0.05) is 5.69 Å². The zero-order valence-electron chi connectivity index (χ0n) is 16.5. The number of ether oxygens (including phenoxy) is 2. The molecule has 0 saturated carbocycles. The summed E-state index contributed by atoms with van der Waals surface area (Å²) >= 11 is 0. The summed E-state index contributed by atoms with van der Waals surface area (Å²) < 4.78 is 10.7. The highest BCUT2D eigenvalue weighted by Gasteiger charge is 2.13. The molecule has 0 aliphatic carbocycles. The maximum atomic E-state index is 12.1. The van der Waals surface area contributed by atoms with Crippen LogP contribution in [0.1, 0.15) is 31.1 Å². The van der Waals surface area contributed by atoms with Crippen molar-refractivity contribution in [3.63, 3.8) is 0 Å². The van der Waals surface area contributed by atoms with Crippen LogP contribution in [0.5, 0.6) is 5.75 Å². The van der Waals surface area contributed by atoms with E-state index in [0.29, 0.717) is 23.7 Å². The van der Waals surface area contributed by atoms with Crippen molar-refractivity contribution in [3.05, 3.63) is 60.3 Å². The highest BCUT2D eigenvalue weighted by molar-refractivity contribution is 5.96. The van der Waals surface area contributed by atoms with E-state index in [4.69, 9.17) is 9.47 Å². The number of nitrogens with one attached hydrogen (secondary N) is 2. The molecule has 29 heavy (non-hydrogen) atoms. The molecule has 8 heteroatoms. The number of rotatable bonds is 8. The molecule has 150 valence electrons. The van der Waals surface area contributed by atoms with Crippen molar-refractivity contribution in [2.24, 2.45) is 0 Å². The number of anilines is 4. The van der Waals surface area contributed by atoms with E-state index in [-0.39, 0.29) is 12.1 Å². The van der Waals surface area contributed by atoms with Crippen LogP contribution >= 0.6 is 0 Å². The monoisotopic (exact) mass is 393 g/mol. The van der Waals surface area contributed by atoms with E-state index < -0.39 is 5.97 Å². The van der Waals surface area contributed by atoms with Gasteiger partial charge in [-0.1, -0.05) is 12.1 Å². The fourth-order valence-corrected chi connectivity index (χ4v) is 2.55. The molecule has 3 aromatic rings. The molecule has 0 aliphatic heterocycles. The minimum absolute atomic E-state index is 0.117. The van der Waals surface area contributed by atoms with Crippen LogP contribution in [0, 0.1) is 0 Å². The minimum atomic E-state index is -0.415. The Balaban J connectivity index is 1.73. The molecule has 0 aliphatic rings. The van der Waals surface area contributed by atoms with Gasteiger partial charge in [-0.05, 0) is 57.2 Å². The third-order valence-corrected chi connectivity index (χ3v) is 3.73. The summed E-state index contributed by atoms with van der Waals surface area (Å²) in [6.45, 7) is 6.02. The van der Waals surface area contributed by atoms with Crippen molar-refractivity contribution in [2.75, 3.05) is 17.2 Å². The zero-order chi connectivity index (χ0) is 20.6. The molecule has 0 atom stereocenters. The highest BCUT2D eigenvalue weighted by atomic mass is 16.5. The smallest absolute Gasteiger partial charge is 0.340 e. The zero-order valence-corrected chi connectivity index (χ0v) is 16.5. The van der Waals surface area contributed by atoms with Crippen LogP contribution in [0.25, 0.3) is 0 Å². The summed E-state index contributed by atoms with van der Waals surface area (Å²) in [4.78, 5) is 16.5. The lowest BCUT2D eigenvalue weighted by Crippen LogP contribution is -2.09. The van der Waals surface area contributed by atoms with Gasteiger partial charge < -0.3 is 20.1 Å². The van der Waals surface area contributed by atoms with Gasteiger partial charge in [-0.3, -0.25) is 0 Å². The molecule has 0 amide bonds. The molecular weight excluding hydrogens is 370 g/mol. The molecule has 0 radical (unpaired) electrons. The summed E-state index contributed by atoms with van der Waals surface area (Å²) in [6.07, 6.45) is 1.63. The largest absolute Gasteiger partial charge is 0.491 e. The predicted octanol–water partition coefficient (Wildman–Crippen LogP) is 4.32. The van der Waals surface area contributed by atoms with Crippen LogP contribution in [-0.2, 0) is 4.74 Å². The van der Waals surface area contributed by atoms with Gasteiger partial charge in [0.25, 0.3) is 0 Å². The number of carbonyl (C=O) groups excluding carboxylic acids is 1. The number of esters is 1. The van der Waals surface area contributed by atoms with Crippen molar-refractivity contribution in [3.8, 4) is 5.75 Å². The summed E-state index contributed by atoms with van der Waals surface area (Å²) in [5, 5.41) is 14.1. The Kier molecular flexibility index (Phi) is 6.57. The van der Waals surface area contributed by atoms with Crippen LogP contribution in [0.4, 0.5) is 23.1 Å². The first kappa shape index (κ1) is 20.1. The molecule has 1 heterocycles. The SMILES string of the molecule is CCOC(=O)c1ccccc1Nc1nncc(Nc2ccc(OC(C)C)cc2)n1. The lowest BCUT2D eigenvalue weighted by Gasteiger charge is -2.12. The first-order valence-corrected chi connectivity index (χ1v) is 9.31. The van der Waals surface area contributed by atoms with Crippen molar-refractivity contribution < 1.29 is 14.3 Å². The van der Waals surface area contributed by atoms with Crippen molar-refractivity contribution in [1.82, 2.24) is 15.2 Å². The standard InChI is InChI=1S/C21H23N5O3/c1-4-28-20(27)17-7-5-6-8-18(17)24-21-25-19(13-22-26-21)23-15-9-11-16(12-10-15)29-14(2)3/h5-14H,4H2,1-3H3,(H2,23,24,25,26). The summed E-state index contributed by atoms with van der Waals surface area (Å²) in [7, 11) is 0. The molecule has 0 spiro atoms. The Morgan fingerprint density at radius 3 is 2.55 bits per heavy atom. The van der Waals surface area contributed by atoms with Crippen molar-refractivity contribution >= 4 is 29.1 Å². The maximum absolute atomic E-state index is 12.1. The van der Waals surface area contributed by atoms with E-state index in [2.05, 4.69) is 25.8 Å². The number of aromatic nitrogens is 3. The predicted molar refractivity (Wildman–Crippen MR) is 111 cm³/mol. The number of hydrogen-bond donors (Lipinski definition) is 2. The second kappa shape index (κ2) is 9.50. The van der Waals surface area contributed by atoms with E-state index in [9.17, 15) is 4.79 Å². The molecule has 0 saturated heterocycles. The average Bonchev–Trinajstić information content (AvgIpc) is 2.70. The summed E-state index contributed by atoms with van der Waals surface area (Å²) in [6, 6.07) is 14.5. The number of benzene rings is 2. The van der Waals surface area contributed by atoms with Crippen LogP contribution in [0.3, 0.4) is 0 Å². The Morgan fingerprint density at radius 2 is 1.83 bits per heavy atom. The van der Waals surface area contributed by atoms with Gasteiger partial charge in [0.1, 0.15) is 5.75 Å². The highest BCUT2D eigenvalue weighted by Crippen LogP contribution is 2.22. The lowest BCUT2D eigenvalue weighted by molar-refractivity contribution is 0.0527. The van der Waals surface area contributed by atoms with Crippen LogP contribution in [0.15, 0.2) is 54.7 Å². The van der Waals surface area contributed by atoms with Gasteiger partial charge in [-0.25, -0.2) is 4.79 Å². The quantitative estimate of drug-likeness (QED) is 0.546. The first-order chi connectivity index (χ1) is 14.0. The fourth-order valence-electron chi connectivity index (χ4n) is 2.55. The van der Waals surface area contributed by atoms with Crippen LogP contribution < -0.4 is 15.4 Å². The molecule has 0 unspecified atom stereocenters. The first-order valence-electron chi connectivity index (χ1n) is 9.31. The van der Waals surface area contributed by atoms with Crippen molar-refractivity contribution in [1.29, 1.82) is 0 Å². The average molecular weight is 393 g/mol. The summed E-state index contributed by atoms with van der Waals surface area (Å²) in [5.41, 5.74) is 1.77. The molecule has 1 aromatic heterocycles. The molecule has 0 fully saturated rings. The Labute approximate surface area is 169 Å². The maximum Gasteiger partial charge on any atom is 0.340 e. The van der Waals surface area contributed by atoms with Crippen LogP contribution in [0.2, 0.25) is 0 Å². The van der Waals surface area contributed by atoms with E-state index in [0.717, 1.165) is 11.4 Å². The van der Waals surface area contributed by atoms with E-state index in [1.165, 1.54) is 6.20 Å². The number of nitrogens with zero attached hydrogens (tertiary/aromatic N) is 3. The number of carbonyl (C=O) groups is 1. The molecule has 0 bridgehead atoms. The normalized spacial score (nSPS) is 10.5. The number of para-hydroxylation sites is 1. The molecular formula is C21H23N5O3. The molecule has 3 rings (SSSR count). The second-order valence-electron chi connectivity index (χ2n) is 6.37. The Bertz CT molecular complexity index is 961. The van der Waals surface area contributed by atoms with Crippen molar-refractivity contribution in [2.45, 2.75) is 26.9 Å². The minimum Gasteiger partial charge on any atom is -0.491 e. The Hall–Kier alpha value is -3.68. The molecule has 2 N–H and O–H groups in total. The van der Waals surface area contributed by atoms with Gasteiger partial charge in [-0.15, -0.1) is 5.10 Å². The third-order valence-electron chi connectivity index (χ3n) is 3.73. The second-order valence-corrected chi connectivity index (χ2v) is 6.37. The van der Waals surface area contributed by atoms with Gasteiger partial charge in [-0.2, -0.15) is 10.1 Å². The van der Waals surface area contributed by atoms with E-state index >= 15 is 0 Å². The van der Waals surface area contributed by atoms with Gasteiger partial charge in [0.05, 0.1) is 30.2 Å². The van der Waals surface area contributed by atoms with Crippen LogP contribution in [-0.4, -0.2) is 33.9 Å². The topological polar surface area (TPSA) is 98.3 Å². The van der Waals surface area contributed by atoms with Gasteiger partial charge >= 0.3 is 5.97 Å². The lowest BCUT2D eigenvalue weighted by atomic mass is 10.2. The van der Waals surface area contributed by atoms with Gasteiger partial charge in [0.15, 0.2) is 5.82 Å². The van der Waals surface area contributed by atoms with E-state index in [1.54, 1.807) is 31.2 Å². The van der Waals surface area contributed by atoms with Gasteiger partial charge in [0.2, 0.25) is 5.95 Å².